The van der Waals surface area contributed by atoms with E-state index in [0.717, 1.165) is 16.3 Å². The number of amidine groups is 1. The summed E-state index contributed by atoms with van der Waals surface area (Å²) in [6.45, 7) is 0.217. The second-order valence-corrected chi connectivity index (χ2v) is 3.25. The topological polar surface area (TPSA) is 64.4 Å². The Balaban J connectivity index is 2.66. The van der Waals surface area contributed by atoms with Crippen LogP contribution in [0.15, 0.2) is 47.5 Å². The van der Waals surface area contributed by atoms with Crippen LogP contribution in [0.25, 0.3) is 10.8 Å². The third-order valence-electron chi connectivity index (χ3n) is 2.33. The van der Waals surface area contributed by atoms with Gasteiger partial charge in [0.2, 0.25) is 0 Å². The van der Waals surface area contributed by atoms with E-state index < -0.39 is 0 Å². The average Bonchev–Trinajstić information content (AvgIpc) is 2.28. The first-order valence-electron chi connectivity index (χ1n) is 4.81. The standard InChI is InChI=1S/C12H13N3/c13-8-15-12(14)11-7-3-5-9-4-1-2-6-10(9)11/h1-7H,8,13H2,(H2,14,15). The summed E-state index contributed by atoms with van der Waals surface area (Å²) in [6, 6.07) is 14.0. The van der Waals surface area contributed by atoms with Crippen LogP contribution in [0.5, 0.6) is 0 Å². The Morgan fingerprint density at radius 2 is 1.80 bits per heavy atom. The highest BCUT2D eigenvalue weighted by Gasteiger charge is 2.02. The minimum Gasteiger partial charge on any atom is -0.383 e. The molecule has 0 spiro atoms. The normalized spacial score (nSPS) is 11.9. The molecule has 0 atom stereocenters. The minimum atomic E-state index is 0.217. The Kier molecular flexibility index (Phi) is 2.65. The van der Waals surface area contributed by atoms with Crippen molar-refractivity contribution in [2.75, 3.05) is 6.67 Å². The van der Waals surface area contributed by atoms with E-state index in [1.165, 1.54) is 0 Å². The highest BCUT2D eigenvalue weighted by atomic mass is 14.9. The van der Waals surface area contributed by atoms with Gasteiger partial charge >= 0.3 is 0 Å². The second-order valence-electron chi connectivity index (χ2n) is 3.25. The molecule has 4 N–H and O–H groups in total. The summed E-state index contributed by atoms with van der Waals surface area (Å²) in [6.07, 6.45) is 0. The molecule has 2 aromatic carbocycles. The molecule has 0 aromatic heterocycles. The van der Waals surface area contributed by atoms with Gasteiger partial charge in [0.05, 0.1) is 6.67 Å². The molecule has 0 radical (unpaired) electrons. The monoisotopic (exact) mass is 199 g/mol. The van der Waals surface area contributed by atoms with Crippen LogP contribution in [0.2, 0.25) is 0 Å². The molecule has 3 nitrogen and oxygen atoms in total. The molecule has 2 aromatic rings. The molecule has 0 heterocycles. The van der Waals surface area contributed by atoms with Gasteiger partial charge in [0.1, 0.15) is 5.84 Å². The molecular weight excluding hydrogens is 186 g/mol. The summed E-state index contributed by atoms with van der Waals surface area (Å²) in [4.78, 5) is 4.02. The predicted molar refractivity (Wildman–Crippen MR) is 63.7 cm³/mol. The fourth-order valence-electron chi connectivity index (χ4n) is 1.63. The Morgan fingerprint density at radius 1 is 1.07 bits per heavy atom. The third kappa shape index (κ3) is 1.82. The lowest BCUT2D eigenvalue weighted by atomic mass is 10.0. The van der Waals surface area contributed by atoms with Gasteiger partial charge in [0.15, 0.2) is 0 Å². The number of hydrogen-bond acceptors (Lipinski definition) is 2. The molecule has 15 heavy (non-hydrogen) atoms. The van der Waals surface area contributed by atoms with Crippen LogP contribution in [0.3, 0.4) is 0 Å². The molecule has 0 unspecified atom stereocenters. The maximum atomic E-state index is 5.84. The minimum absolute atomic E-state index is 0.217. The second kappa shape index (κ2) is 4.11. The van der Waals surface area contributed by atoms with Crippen LogP contribution in [-0.2, 0) is 0 Å². The SMILES string of the molecule is NCN=C(N)c1cccc2ccccc12. The molecule has 0 fully saturated rings. The lowest BCUT2D eigenvalue weighted by Gasteiger charge is -2.05. The Bertz CT molecular complexity index is 498. The van der Waals surface area contributed by atoms with Gasteiger partial charge in [-0.05, 0) is 10.8 Å². The van der Waals surface area contributed by atoms with Crippen LogP contribution >= 0.6 is 0 Å². The van der Waals surface area contributed by atoms with Gasteiger partial charge in [-0.15, -0.1) is 0 Å². The molecular formula is C12H13N3. The van der Waals surface area contributed by atoms with Gasteiger partial charge in [-0.25, -0.2) is 0 Å². The maximum Gasteiger partial charge on any atom is 0.127 e. The number of benzene rings is 2. The number of nitrogens with zero attached hydrogens (tertiary/aromatic N) is 1. The zero-order valence-corrected chi connectivity index (χ0v) is 8.35. The fraction of sp³-hybridized carbons (Fsp3) is 0.0833. The first-order chi connectivity index (χ1) is 7.33. The molecule has 2 rings (SSSR count). The molecule has 0 saturated heterocycles. The van der Waals surface area contributed by atoms with E-state index in [0.29, 0.717) is 5.84 Å². The van der Waals surface area contributed by atoms with Gasteiger partial charge in [-0.1, -0.05) is 42.5 Å². The van der Waals surface area contributed by atoms with Crippen molar-refractivity contribution in [2.24, 2.45) is 16.5 Å². The van der Waals surface area contributed by atoms with Crippen molar-refractivity contribution in [1.82, 2.24) is 0 Å². The molecule has 0 saturated carbocycles. The van der Waals surface area contributed by atoms with Crippen LogP contribution < -0.4 is 11.5 Å². The lowest BCUT2D eigenvalue weighted by molar-refractivity contribution is 1.06. The number of fused-ring (bicyclic) bond motifs is 1. The molecule has 3 heteroatoms. The summed E-state index contributed by atoms with van der Waals surface area (Å²) in [5.74, 6) is 0.495. The molecule has 0 aliphatic carbocycles. The molecule has 76 valence electrons. The van der Waals surface area contributed by atoms with Crippen LogP contribution in [0.4, 0.5) is 0 Å². The Hall–Kier alpha value is -1.87. The number of aliphatic imine (C=N–C) groups is 1. The summed E-state index contributed by atoms with van der Waals surface area (Å²) >= 11 is 0. The molecule has 0 aliphatic rings. The van der Waals surface area contributed by atoms with Crippen molar-refractivity contribution in [3.63, 3.8) is 0 Å². The number of nitrogens with two attached hydrogens (primary N) is 2. The van der Waals surface area contributed by atoms with Crippen LogP contribution in [0, 0.1) is 0 Å². The summed E-state index contributed by atoms with van der Waals surface area (Å²) in [7, 11) is 0. The zero-order chi connectivity index (χ0) is 10.7. The van der Waals surface area contributed by atoms with Crippen molar-refractivity contribution in [2.45, 2.75) is 0 Å². The summed E-state index contributed by atoms with van der Waals surface area (Å²) < 4.78 is 0. The van der Waals surface area contributed by atoms with E-state index in [2.05, 4.69) is 17.1 Å². The smallest absolute Gasteiger partial charge is 0.127 e. The van der Waals surface area contributed by atoms with Gasteiger partial charge in [0.25, 0.3) is 0 Å². The van der Waals surface area contributed by atoms with Crippen LogP contribution in [-0.4, -0.2) is 12.5 Å². The number of rotatable bonds is 2. The van der Waals surface area contributed by atoms with Gasteiger partial charge in [0, 0.05) is 5.56 Å². The van der Waals surface area contributed by atoms with E-state index >= 15 is 0 Å². The highest BCUT2D eigenvalue weighted by Crippen LogP contribution is 2.17. The average molecular weight is 199 g/mol. The molecule has 0 amide bonds. The van der Waals surface area contributed by atoms with Crippen molar-refractivity contribution in [1.29, 1.82) is 0 Å². The van der Waals surface area contributed by atoms with Crippen molar-refractivity contribution in [3.05, 3.63) is 48.0 Å². The van der Waals surface area contributed by atoms with Crippen LogP contribution in [0.1, 0.15) is 5.56 Å². The Morgan fingerprint density at radius 3 is 2.60 bits per heavy atom. The molecule has 0 bridgehead atoms. The fourth-order valence-corrected chi connectivity index (χ4v) is 1.63. The largest absolute Gasteiger partial charge is 0.383 e. The van der Waals surface area contributed by atoms with E-state index in [9.17, 15) is 0 Å². The summed E-state index contributed by atoms with van der Waals surface area (Å²) in [5.41, 5.74) is 12.1. The lowest BCUT2D eigenvalue weighted by Crippen LogP contribution is -2.16. The molecule has 0 aliphatic heterocycles. The van der Waals surface area contributed by atoms with Crippen molar-refractivity contribution >= 4 is 16.6 Å². The van der Waals surface area contributed by atoms with E-state index in [1.54, 1.807) is 0 Å². The highest BCUT2D eigenvalue weighted by molar-refractivity contribution is 6.08. The van der Waals surface area contributed by atoms with Crippen molar-refractivity contribution in [3.8, 4) is 0 Å². The first-order valence-corrected chi connectivity index (χ1v) is 4.81. The summed E-state index contributed by atoms with van der Waals surface area (Å²) in [5, 5.41) is 2.26. The van der Waals surface area contributed by atoms with E-state index in [1.807, 2.05) is 30.3 Å². The van der Waals surface area contributed by atoms with Gasteiger partial charge in [-0.3, -0.25) is 4.99 Å². The van der Waals surface area contributed by atoms with E-state index in [-0.39, 0.29) is 6.67 Å². The Labute approximate surface area is 88.4 Å². The van der Waals surface area contributed by atoms with Gasteiger partial charge < -0.3 is 11.5 Å². The number of hydrogen-bond donors (Lipinski definition) is 2. The first kappa shape index (κ1) is 9.68. The zero-order valence-electron chi connectivity index (χ0n) is 8.35. The van der Waals surface area contributed by atoms with E-state index in [4.69, 9.17) is 11.5 Å². The van der Waals surface area contributed by atoms with Crippen molar-refractivity contribution < 1.29 is 0 Å². The quantitative estimate of drug-likeness (QED) is 0.568. The predicted octanol–water partition coefficient (Wildman–Crippen LogP) is 1.46. The van der Waals surface area contributed by atoms with Gasteiger partial charge in [-0.2, -0.15) is 0 Å². The maximum absolute atomic E-state index is 5.84. The third-order valence-corrected chi connectivity index (χ3v) is 2.33.